The fourth-order valence-electron chi connectivity index (χ4n) is 2.74. The Kier molecular flexibility index (Phi) is 4.94. The van der Waals surface area contributed by atoms with Crippen molar-refractivity contribution in [2.75, 3.05) is 39.3 Å². The van der Waals surface area contributed by atoms with Gasteiger partial charge >= 0.3 is 6.09 Å². The largest absolute Gasteiger partial charge is 0.444 e. The van der Waals surface area contributed by atoms with E-state index in [2.05, 4.69) is 5.32 Å². The Morgan fingerprint density at radius 3 is 2.09 bits per heavy atom. The summed E-state index contributed by atoms with van der Waals surface area (Å²) in [4.78, 5) is 27.4. The summed E-state index contributed by atoms with van der Waals surface area (Å²) < 4.78 is 20.2. The first-order valence-electron chi connectivity index (χ1n) is 7.88. The van der Waals surface area contributed by atoms with E-state index in [4.69, 9.17) is 4.74 Å². The number of hydrogen-bond acceptors (Lipinski definition) is 4. The van der Waals surface area contributed by atoms with Gasteiger partial charge in [-0.25, -0.2) is 9.18 Å². The number of rotatable bonds is 1. The smallest absolute Gasteiger partial charge is 0.410 e. The van der Waals surface area contributed by atoms with Crippen molar-refractivity contribution in [3.8, 4) is 0 Å². The van der Waals surface area contributed by atoms with E-state index in [0.29, 0.717) is 26.2 Å². The van der Waals surface area contributed by atoms with Crippen LogP contribution in [0.2, 0.25) is 0 Å². The van der Waals surface area contributed by atoms with Crippen LogP contribution in [0, 0.1) is 0 Å². The average Bonchev–Trinajstić information content (AvgIpc) is 2.46. The van der Waals surface area contributed by atoms with Crippen molar-refractivity contribution in [2.45, 2.75) is 44.9 Å². The number of likely N-dealkylation sites (tertiary alicyclic amines) is 1. The molecule has 126 valence electrons. The predicted octanol–water partition coefficient (Wildman–Crippen LogP) is 1.16. The second-order valence-corrected chi connectivity index (χ2v) is 6.97. The van der Waals surface area contributed by atoms with E-state index in [0.717, 1.165) is 0 Å². The third-order valence-corrected chi connectivity index (χ3v) is 4.00. The summed E-state index contributed by atoms with van der Waals surface area (Å²) in [5.74, 6) is -0.433. The molecule has 0 radical (unpaired) electrons. The summed E-state index contributed by atoms with van der Waals surface area (Å²) in [6, 6.07) is 0. The molecule has 2 aliphatic heterocycles. The molecule has 2 fully saturated rings. The molecule has 2 saturated heterocycles. The summed E-state index contributed by atoms with van der Waals surface area (Å²) in [7, 11) is 0. The van der Waals surface area contributed by atoms with Crippen molar-refractivity contribution in [2.24, 2.45) is 0 Å². The van der Waals surface area contributed by atoms with Crippen molar-refractivity contribution in [1.29, 1.82) is 0 Å². The molecular weight excluding hydrogens is 289 g/mol. The SMILES string of the molecule is CC(C)(C)OC(=O)N1CCC(F)(C(=O)N2CCNCC2)CC1. The van der Waals surface area contributed by atoms with Crippen LogP contribution in [0.15, 0.2) is 0 Å². The molecule has 0 aliphatic carbocycles. The summed E-state index contributed by atoms with van der Waals surface area (Å²) in [6.45, 7) is 8.29. The number of halogens is 1. The van der Waals surface area contributed by atoms with E-state index < -0.39 is 23.3 Å². The minimum atomic E-state index is -1.85. The lowest BCUT2D eigenvalue weighted by Crippen LogP contribution is -2.57. The van der Waals surface area contributed by atoms with Crippen LogP contribution >= 0.6 is 0 Å². The molecule has 0 saturated carbocycles. The summed E-state index contributed by atoms with van der Waals surface area (Å²) >= 11 is 0. The van der Waals surface area contributed by atoms with E-state index in [9.17, 15) is 14.0 Å². The maximum Gasteiger partial charge on any atom is 0.410 e. The molecule has 0 aromatic heterocycles. The molecule has 7 heteroatoms. The van der Waals surface area contributed by atoms with Gasteiger partial charge in [-0.05, 0) is 20.8 Å². The van der Waals surface area contributed by atoms with Gasteiger partial charge in [-0.15, -0.1) is 0 Å². The number of alkyl halides is 1. The average molecular weight is 315 g/mol. The number of ether oxygens (including phenoxy) is 1. The van der Waals surface area contributed by atoms with Gasteiger partial charge in [0.15, 0.2) is 5.67 Å². The molecule has 0 unspecified atom stereocenters. The zero-order valence-electron chi connectivity index (χ0n) is 13.7. The first-order chi connectivity index (χ1) is 10.2. The standard InChI is InChI=1S/C15H26FN3O3/c1-14(2,3)22-13(21)19-8-4-15(16,5-9-19)12(20)18-10-6-17-7-11-18/h17H,4-11H2,1-3H3. The van der Waals surface area contributed by atoms with Gasteiger partial charge in [0, 0.05) is 52.1 Å². The van der Waals surface area contributed by atoms with Crippen LogP contribution in [-0.4, -0.2) is 72.3 Å². The minimum absolute atomic E-state index is 0.0367. The van der Waals surface area contributed by atoms with Gasteiger partial charge in [0.05, 0.1) is 0 Å². The Labute approximate surface area is 131 Å². The molecule has 0 aromatic rings. The third-order valence-electron chi connectivity index (χ3n) is 4.00. The highest BCUT2D eigenvalue weighted by molar-refractivity contribution is 5.85. The Balaban J connectivity index is 1.89. The van der Waals surface area contributed by atoms with Crippen molar-refractivity contribution in [3.05, 3.63) is 0 Å². The molecule has 0 spiro atoms. The van der Waals surface area contributed by atoms with Gasteiger partial charge in [-0.2, -0.15) is 0 Å². The first-order valence-corrected chi connectivity index (χ1v) is 7.88. The lowest BCUT2D eigenvalue weighted by Gasteiger charge is -2.39. The fourth-order valence-corrected chi connectivity index (χ4v) is 2.74. The molecule has 2 aliphatic rings. The summed E-state index contributed by atoms with van der Waals surface area (Å²) in [6.07, 6.45) is -0.367. The van der Waals surface area contributed by atoms with Crippen LogP contribution in [0.1, 0.15) is 33.6 Å². The van der Waals surface area contributed by atoms with Gasteiger partial charge in [0.2, 0.25) is 0 Å². The number of nitrogens with one attached hydrogen (secondary N) is 1. The molecule has 22 heavy (non-hydrogen) atoms. The Bertz CT molecular complexity index is 422. The van der Waals surface area contributed by atoms with Crippen LogP contribution in [0.5, 0.6) is 0 Å². The Morgan fingerprint density at radius 2 is 1.59 bits per heavy atom. The molecular formula is C15H26FN3O3. The van der Waals surface area contributed by atoms with Crippen LogP contribution < -0.4 is 5.32 Å². The molecule has 1 N–H and O–H groups in total. The second kappa shape index (κ2) is 6.40. The lowest BCUT2D eigenvalue weighted by molar-refractivity contribution is -0.148. The first kappa shape index (κ1) is 17.0. The van der Waals surface area contributed by atoms with Crippen LogP contribution in [0.3, 0.4) is 0 Å². The van der Waals surface area contributed by atoms with Gasteiger partial charge in [-0.3, -0.25) is 4.79 Å². The number of piperidine rings is 1. The van der Waals surface area contributed by atoms with Gasteiger partial charge in [-0.1, -0.05) is 0 Å². The summed E-state index contributed by atoms with van der Waals surface area (Å²) in [5.41, 5.74) is -2.42. The molecule has 0 aromatic carbocycles. The van der Waals surface area contributed by atoms with Crippen LogP contribution in [0.4, 0.5) is 9.18 Å². The lowest BCUT2D eigenvalue weighted by atomic mass is 9.91. The number of nitrogens with zero attached hydrogens (tertiary/aromatic N) is 2. The van der Waals surface area contributed by atoms with Crippen molar-refractivity contribution >= 4 is 12.0 Å². The molecule has 0 bridgehead atoms. The van der Waals surface area contributed by atoms with Crippen LogP contribution in [-0.2, 0) is 9.53 Å². The monoisotopic (exact) mass is 315 g/mol. The van der Waals surface area contributed by atoms with Crippen LogP contribution in [0.25, 0.3) is 0 Å². The molecule has 2 heterocycles. The number of amides is 2. The second-order valence-electron chi connectivity index (χ2n) is 6.97. The molecule has 2 rings (SSSR count). The summed E-state index contributed by atoms with van der Waals surface area (Å²) in [5, 5.41) is 3.14. The number of carbonyl (C=O) groups is 2. The number of piperazine rings is 1. The maximum atomic E-state index is 14.9. The van der Waals surface area contributed by atoms with E-state index in [1.54, 1.807) is 25.7 Å². The van der Waals surface area contributed by atoms with E-state index in [-0.39, 0.29) is 25.9 Å². The zero-order chi connectivity index (χ0) is 16.4. The van der Waals surface area contributed by atoms with Crippen molar-refractivity contribution < 1.29 is 18.7 Å². The zero-order valence-corrected chi connectivity index (χ0v) is 13.7. The van der Waals surface area contributed by atoms with Crippen molar-refractivity contribution in [3.63, 3.8) is 0 Å². The minimum Gasteiger partial charge on any atom is -0.444 e. The Morgan fingerprint density at radius 1 is 1.05 bits per heavy atom. The highest BCUT2D eigenvalue weighted by Crippen LogP contribution is 2.29. The van der Waals surface area contributed by atoms with Gasteiger partial charge < -0.3 is 19.9 Å². The topological polar surface area (TPSA) is 61.9 Å². The fraction of sp³-hybridized carbons (Fsp3) is 0.867. The maximum absolute atomic E-state index is 14.9. The third kappa shape index (κ3) is 4.09. The number of hydrogen-bond donors (Lipinski definition) is 1. The van der Waals surface area contributed by atoms with E-state index in [1.165, 1.54) is 4.90 Å². The van der Waals surface area contributed by atoms with Gasteiger partial charge in [0.25, 0.3) is 5.91 Å². The molecule has 6 nitrogen and oxygen atoms in total. The van der Waals surface area contributed by atoms with E-state index >= 15 is 0 Å². The predicted molar refractivity (Wildman–Crippen MR) is 80.3 cm³/mol. The van der Waals surface area contributed by atoms with Crippen molar-refractivity contribution in [1.82, 2.24) is 15.1 Å². The Hall–Kier alpha value is -1.37. The molecule has 0 atom stereocenters. The van der Waals surface area contributed by atoms with E-state index in [1.807, 2.05) is 0 Å². The molecule has 2 amide bonds. The normalized spacial score (nSPS) is 22.4. The van der Waals surface area contributed by atoms with Gasteiger partial charge in [0.1, 0.15) is 5.60 Å². The highest BCUT2D eigenvalue weighted by atomic mass is 19.1. The highest BCUT2D eigenvalue weighted by Gasteiger charge is 2.45. The quantitative estimate of drug-likeness (QED) is 0.789. The number of carbonyl (C=O) groups excluding carboxylic acids is 2.